The van der Waals surface area contributed by atoms with Crippen molar-refractivity contribution in [2.75, 3.05) is 27.3 Å². The van der Waals surface area contributed by atoms with Gasteiger partial charge in [-0.05, 0) is 45.0 Å². The number of nitro groups is 1. The van der Waals surface area contributed by atoms with Crippen LogP contribution in [0.2, 0.25) is 0 Å². The van der Waals surface area contributed by atoms with Crippen LogP contribution in [0.4, 0.5) is 5.88 Å². The number of hydrogen-bond acceptors (Lipinski definition) is 9. The fourth-order valence-electron chi connectivity index (χ4n) is 4.27. The Balaban J connectivity index is 2.01. The van der Waals surface area contributed by atoms with Gasteiger partial charge in [0.05, 0.1) is 36.1 Å². The van der Waals surface area contributed by atoms with Crippen molar-refractivity contribution in [3.8, 4) is 11.5 Å². The summed E-state index contributed by atoms with van der Waals surface area (Å²) in [5.41, 5.74) is 0.971. The van der Waals surface area contributed by atoms with E-state index in [-0.39, 0.29) is 16.2 Å². The van der Waals surface area contributed by atoms with E-state index >= 15 is 0 Å². The first-order valence-corrected chi connectivity index (χ1v) is 12.3. The molecular formula is C25H26N4O7S. The third-order valence-electron chi connectivity index (χ3n) is 6.10. The number of carbonyl (C=O) groups is 1. The molecule has 0 unspecified atom stereocenters. The molecule has 0 fully saturated rings. The lowest BCUT2D eigenvalue weighted by Gasteiger charge is -2.30. The summed E-state index contributed by atoms with van der Waals surface area (Å²) in [6.07, 6.45) is 1.43. The van der Waals surface area contributed by atoms with Gasteiger partial charge in [0, 0.05) is 24.7 Å². The summed E-state index contributed by atoms with van der Waals surface area (Å²) in [6.45, 7) is 6.47. The van der Waals surface area contributed by atoms with Gasteiger partial charge >= 0.3 is 5.88 Å². The van der Waals surface area contributed by atoms with E-state index in [1.807, 2.05) is 13.8 Å². The van der Waals surface area contributed by atoms with Gasteiger partial charge in [0.2, 0.25) is 0 Å². The van der Waals surface area contributed by atoms with Gasteiger partial charge in [0.25, 0.3) is 11.5 Å². The maximum Gasteiger partial charge on any atom is 0.433 e. The molecule has 3 aromatic rings. The number of thiazole rings is 1. The first kappa shape index (κ1) is 25.9. The summed E-state index contributed by atoms with van der Waals surface area (Å²) >= 11 is 1.10. The van der Waals surface area contributed by atoms with E-state index in [9.17, 15) is 19.7 Å². The van der Waals surface area contributed by atoms with E-state index in [1.54, 1.807) is 30.0 Å². The van der Waals surface area contributed by atoms with Crippen molar-refractivity contribution in [3.05, 3.63) is 82.7 Å². The van der Waals surface area contributed by atoms with Gasteiger partial charge in [0.1, 0.15) is 28.2 Å². The average molecular weight is 527 g/mol. The third-order valence-corrected chi connectivity index (χ3v) is 7.08. The van der Waals surface area contributed by atoms with Crippen molar-refractivity contribution in [3.63, 3.8) is 0 Å². The summed E-state index contributed by atoms with van der Waals surface area (Å²) in [4.78, 5) is 44.5. The number of carbonyl (C=O) groups excluding carboxylic acids is 1. The molecular weight excluding hydrogens is 500 g/mol. The number of hydrogen-bond donors (Lipinski definition) is 0. The monoisotopic (exact) mass is 526 g/mol. The fourth-order valence-corrected chi connectivity index (χ4v) is 5.30. The molecule has 194 valence electrons. The van der Waals surface area contributed by atoms with Crippen molar-refractivity contribution in [2.45, 2.75) is 26.8 Å². The van der Waals surface area contributed by atoms with E-state index in [1.165, 1.54) is 37.0 Å². The number of methoxy groups -OCH3 is 2. The van der Waals surface area contributed by atoms with E-state index in [0.29, 0.717) is 46.2 Å². The molecule has 4 rings (SSSR count). The van der Waals surface area contributed by atoms with Crippen molar-refractivity contribution >= 4 is 29.2 Å². The second kappa shape index (κ2) is 10.4. The lowest BCUT2D eigenvalue weighted by molar-refractivity contribution is -0.402. The number of aromatic nitrogens is 1. The summed E-state index contributed by atoms with van der Waals surface area (Å²) in [5.74, 6) is 0.493. The minimum absolute atomic E-state index is 0.155. The molecule has 0 spiro atoms. The molecule has 0 aliphatic carbocycles. The molecule has 12 heteroatoms. The first-order chi connectivity index (χ1) is 17.7. The van der Waals surface area contributed by atoms with Gasteiger partial charge in [0.15, 0.2) is 4.80 Å². The van der Waals surface area contributed by atoms with Crippen LogP contribution in [0.3, 0.4) is 0 Å². The van der Waals surface area contributed by atoms with E-state index in [0.717, 1.165) is 11.3 Å². The van der Waals surface area contributed by atoms with Gasteiger partial charge < -0.3 is 18.8 Å². The molecule has 11 nitrogen and oxygen atoms in total. The number of likely N-dealkylation sites (N-methyl/N-ethyl adjacent to an activating group) is 1. The van der Waals surface area contributed by atoms with Crippen LogP contribution in [-0.2, 0) is 4.79 Å². The maximum atomic E-state index is 13.8. The number of rotatable bonds is 8. The molecule has 1 aliphatic rings. The summed E-state index contributed by atoms with van der Waals surface area (Å²) in [5, 5.41) is 11.0. The van der Waals surface area contributed by atoms with E-state index in [4.69, 9.17) is 13.9 Å². The highest BCUT2D eigenvalue weighted by atomic mass is 32.1. The Morgan fingerprint density at radius 3 is 2.57 bits per heavy atom. The summed E-state index contributed by atoms with van der Waals surface area (Å²) in [6, 6.07) is 6.99. The van der Waals surface area contributed by atoms with Crippen molar-refractivity contribution in [2.24, 2.45) is 4.99 Å². The highest BCUT2D eigenvalue weighted by Gasteiger charge is 2.36. The lowest BCUT2D eigenvalue weighted by Crippen LogP contribution is -2.43. The zero-order valence-corrected chi connectivity index (χ0v) is 21.8. The lowest BCUT2D eigenvalue weighted by atomic mass is 9.93. The Kier molecular flexibility index (Phi) is 7.30. The molecule has 37 heavy (non-hydrogen) atoms. The molecule has 2 aromatic heterocycles. The Morgan fingerprint density at radius 2 is 1.97 bits per heavy atom. The number of ether oxygens (including phenoxy) is 2. The molecule has 1 amide bonds. The third kappa shape index (κ3) is 4.67. The number of amides is 1. The largest absolute Gasteiger partial charge is 0.497 e. The summed E-state index contributed by atoms with van der Waals surface area (Å²) < 4.78 is 18.0. The van der Waals surface area contributed by atoms with Gasteiger partial charge in [-0.25, -0.2) is 4.99 Å². The zero-order valence-electron chi connectivity index (χ0n) is 21.0. The second-order valence-electron chi connectivity index (χ2n) is 8.10. The SMILES string of the molecule is CCN(CC)C(=O)C1=C(C)N=c2s/c(=C/c3ccc([N+](=O)[O-])o3)c(=O)n2[C@H]1c1cc(OC)ccc1OC. The molecule has 0 saturated carbocycles. The van der Waals surface area contributed by atoms with Gasteiger partial charge in [-0.1, -0.05) is 11.3 Å². The predicted octanol–water partition coefficient (Wildman–Crippen LogP) is 2.62. The highest BCUT2D eigenvalue weighted by molar-refractivity contribution is 7.07. The molecule has 0 N–H and O–H groups in total. The minimum atomic E-state index is -0.845. The van der Waals surface area contributed by atoms with Crippen molar-refractivity contribution in [1.29, 1.82) is 0 Å². The molecule has 3 heterocycles. The number of benzene rings is 1. The Labute approximate surface area is 215 Å². The first-order valence-electron chi connectivity index (χ1n) is 11.5. The van der Waals surface area contributed by atoms with Gasteiger partial charge in [-0.2, -0.15) is 0 Å². The van der Waals surface area contributed by atoms with Crippen LogP contribution in [0.1, 0.15) is 38.1 Å². The van der Waals surface area contributed by atoms with Gasteiger partial charge in [-0.15, -0.1) is 0 Å². The van der Waals surface area contributed by atoms with Crippen LogP contribution in [0.5, 0.6) is 11.5 Å². The van der Waals surface area contributed by atoms with Crippen LogP contribution in [-0.4, -0.2) is 47.6 Å². The Hall–Kier alpha value is -4.19. The topological polar surface area (TPSA) is 129 Å². The van der Waals surface area contributed by atoms with E-state index < -0.39 is 22.4 Å². The quantitative estimate of drug-likeness (QED) is 0.326. The standard InChI is InChI=1S/C25H26N4O7S/c1-6-27(7-2)24(31)21-14(3)26-25-28(22(21)17-12-15(34-4)8-10-18(17)35-5)23(30)19(37-25)13-16-9-11-20(36-16)29(32)33/h8-13,22H,6-7H2,1-5H3/b19-13+/t22-/m0/s1. The van der Waals surface area contributed by atoms with Crippen LogP contribution < -0.4 is 24.4 Å². The second-order valence-corrected chi connectivity index (χ2v) is 9.11. The van der Waals surface area contributed by atoms with Crippen molar-refractivity contribution < 1.29 is 23.6 Å². The maximum absolute atomic E-state index is 13.8. The Bertz CT molecular complexity index is 1580. The molecule has 1 aromatic carbocycles. The number of fused-ring (bicyclic) bond motifs is 1. The smallest absolute Gasteiger partial charge is 0.433 e. The zero-order chi connectivity index (χ0) is 26.9. The average Bonchev–Trinajstić information content (AvgIpc) is 3.48. The number of furan rings is 1. The molecule has 0 radical (unpaired) electrons. The molecule has 1 aliphatic heterocycles. The summed E-state index contributed by atoms with van der Waals surface area (Å²) in [7, 11) is 3.05. The molecule has 1 atom stereocenters. The Morgan fingerprint density at radius 1 is 1.24 bits per heavy atom. The van der Waals surface area contributed by atoms with E-state index in [2.05, 4.69) is 4.99 Å². The normalized spacial score (nSPS) is 15.3. The fraction of sp³-hybridized carbons (Fsp3) is 0.320. The number of nitrogens with zero attached hydrogens (tertiary/aromatic N) is 4. The predicted molar refractivity (Wildman–Crippen MR) is 137 cm³/mol. The van der Waals surface area contributed by atoms with Crippen LogP contribution in [0.15, 0.2) is 55.8 Å². The number of allylic oxidation sites excluding steroid dienone is 1. The van der Waals surface area contributed by atoms with Crippen LogP contribution in [0.25, 0.3) is 6.08 Å². The van der Waals surface area contributed by atoms with Crippen molar-refractivity contribution in [1.82, 2.24) is 9.47 Å². The molecule has 0 bridgehead atoms. The van der Waals surface area contributed by atoms with Crippen LogP contribution in [0, 0.1) is 10.1 Å². The van der Waals surface area contributed by atoms with Crippen LogP contribution >= 0.6 is 11.3 Å². The minimum Gasteiger partial charge on any atom is -0.497 e. The van der Waals surface area contributed by atoms with Gasteiger partial charge in [-0.3, -0.25) is 24.3 Å². The molecule has 0 saturated heterocycles. The highest BCUT2D eigenvalue weighted by Crippen LogP contribution is 2.38.